The van der Waals surface area contributed by atoms with E-state index in [9.17, 15) is 5.11 Å². The molecule has 21 heavy (non-hydrogen) atoms. The number of aliphatic hydroxyl groups excluding tert-OH is 1. The van der Waals surface area contributed by atoms with E-state index < -0.39 is 6.10 Å². The molecule has 0 bridgehead atoms. The first-order valence-electron chi connectivity index (χ1n) is 7.69. The minimum Gasteiger partial charge on any atom is -0.486 e. The molecular formula is C16H24N2O3. The molecule has 3 N–H and O–H groups in total. The third-order valence-electron chi connectivity index (χ3n) is 4.29. The van der Waals surface area contributed by atoms with E-state index in [-0.39, 0.29) is 6.04 Å². The fourth-order valence-corrected chi connectivity index (χ4v) is 3.08. The first-order valence-corrected chi connectivity index (χ1v) is 7.69. The maximum absolute atomic E-state index is 10.5. The van der Waals surface area contributed by atoms with Crippen molar-refractivity contribution >= 4 is 0 Å². The van der Waals surface area contributed by atoms with Gasteiger partial charge in [-0.3, -0.25) is 0 Å². The molecule has 5 heteroatoms. The lowest BCUT2D eigenvalue weighted by Gasteiger charge is -2.26. The molecule has 1 aromatic rings. The fraction of sp³-hybridized carbons (Fsp3) is 0.625. The molecule has 0 aliphatic carbocycles. The van der Waals surface area contributed by atoms with Crippen molar-refractivity contribution in [2.45, 2.75) is 25.5 Å². The van der Waals surface area contributed by atoms with Gasteiger partial charge in [0.2, 0.25) is 0 Å². The van der Waals surface area contributed by atoms with Crippen molar-refractivity contribution in [3.05, 3.63) is 23.8 Å². The van der Waals surface area contributed by atoms with Gasteiger partial charge in [0, 0.05) is 19.1 Å². The summed E-state index contributed by atoms with van der Waals surface area (Å²) in [5, 5.41) is 10.5. The van der Waals surface area contributed by atoms with Gasteiger partial charge in [-0.05, 0) is 36.6 Å². The van der Waals surface area contributed by atoms with E-state index in [1.807, 2.05) is 18.2 Å². The largest absolute Gasteiger partial charge is 0.486 e. The first kappa shape index (κ1) is 14.6. The van der Waals surface area contributed by atoms with E-state index in [1.165, 1.54) is 6.42 Å². The highest BCUT2D eigenvalue weighted by molar-refractivity contribution is 5.44. The summed E-state index contributed by atoms with van der Waals surface area (Å²) in [5.41, 5.74) is 6.98. The molecule has 0 aromatic heterocycles. The number of benzene rings is 1. The summed E-state index contributed by atoms with van der Waals surface area (Å²) in [7, 11) is 0. The summed E-state index contributed by atoms with van der Waals surface area (Å²) in [4.78, 5) is 2.33. The Hall–Kier alpha value is -1.30. The van der Waals surface area contributed by atoms with Gasteiger partial charge in [0.15, 0.2) is 11.5 Å². The Kier molecular flexibility index (Phi) is 4.33. The van der Waals surface area contributed by atoms with Crippen molar-refractivity contribution in [1.29, 1.82) is 0 Å². The second-order valence-corrected chi connectivity index (χ2v) is 6.17. The predicted molar refractivity (Wildman–Crippen MR) is 80.6 cm³/mol. The van der Waals surface area contributed by atoms with Gasteiger partial charge >= 0.3 is 0 Å². The number of fused-ring (bicyclic) bond motifs is 1. The maximum atomic E-state index is 10.5. The molecule has 1 unspecified atom stereocenters. The van der Waals surface area contributed by atoms with Crippen LogP contribution in [0.15, 0.2) is 18.2 Å². The number of nitrogens with zero attached hydrogens (tertiary/aromatic N) is 1. The second kappa shape index (κ2) is 6.22. The number of aliphatic hydroxyl groups is 1. The van der Waals surface area contributed by atoms with Crippen molar-refractivity contribution < 1.29 is 14.6 Å². The van der Waals surface area contributed by atoms with Crippen molar-refractivity contribution in [3.63, 3.8) is 0 Å². The zero-order valence-corrected chi connectivity index (χ0v) is 12.5. The van der Waals surface area contributed by atoms with E-state index in [1.54, 1.807) is 0 Å². The lowest BCUT2D eigenvalue weighted by Crippen LogP contribution is -2.40. The monoisotopic (exact) mass is 292 g/mol. The molecule has 116 valence electrons. The number of rotatable bonds is 4. The van der Waals surface area contributed by atoms with Gasteiger partial charge in [0.25, 0.3) is 0 Å². The van der Waals surface area contributed by atoms with Gasteiger partial charge in [-0.1, -0.05) is 13.0 Å². The van der Waals surface area contributed by atoms with Crippen LogP contribution >= 0.6 is 0 Å². The smallest absolute Gasteiger partial charge is 0.161 e. The zero-order valence-electron chi connectivity index (χ0n) is 12.5. The average Bonchev–Trinajstić information content (AvgIpc) is 2.91. The Morgan fingerprint density at radius 1 is 1.33 bits per heavy atom. The summed E-state index contributed by atoms with van der Waals surface area (Å²) in [6, 6.07) is 5.26. The van der Waals surface area contributed by atoms with Crippen LogP contribution in [0.5, 0.6) is 11.5 Å². The highest BCUT2D eigenvalue weighted by Gasteiger charge is 2.25. The van der Waals surface area contributed by atoms with E-state index in [2.05, 4.69) is 11.8 Å². The highest BCUT2D eigenvalue weighted by atomic mass is 16.6. The Bertz CT molecular complexity index is 494. The molecule has 0 saturated carbocycles. The Morgan fingerprint density at radius 2 is 2.10 bits per heavy atom. The van der Waals surface area contributed by atoms with Crippen molar-refractivity contribution in [2.24, 2.45) is 11.7 Å². The SMILES string of the molecule is CC1CCN(C[C@@H](N)[C@H](O)c2ccc3c(c2)OCCO3)C1. The van der Waals surface area contributed by atoms with E-state index in [0.29, 0.717) is 19.0 Å². The van der Waals surface area contributed by atoms with Gasteiger partial charge in [-0.15, -0.1) is 0 Å². The summed E-state index contributed by atoms with van der Waals surface area (Å²) in [5.74, 6) is 2.16. The van der Waals surface area contributed by atoms with Gasteiger partial charge in [0.1, 0.15) is 13.2 Å². The molecule has 2 aliphatic heterocycles. The molecule has 0 amide bonds. The van der Waals surface area contributed by atoms with Gasteiger partial charge in [-0.25, -0.2) is 0 Å². The van der Waals surface area contributed by atoms with Gasteiger partial charge in [0.05, 0.1) is 6.10 Å². The summed E-state index contributed by atoms with van der Waals surface area (Å²) < 4.78 is 11.0. The molecule has 2 aliphatic rings. The maximum Gasteiger partial charge on any atom is 0.161 e. The Labute approximate surface area is 125 Å². The highest BCUT2D eigenvalue weighted by Crippen LogP contribution is 2.33. The van der Waals surface area contributed by atoms with Gasteiger partial charge < -0.3 is 25.2 Å². The van der Waals surface area contributed by atoms with Crippen LogP contribution in [0.25, 0.3) is 0 Å². The molecule has 1 saturated heterocycles. The summed E-state index contributed by atoms with van der Waals surface area (Å²) in [6.07, 6.45) is 0.532. The second-order valence-electron chi connectivity index (χ2n) is 6.17. The molecule has 0 radical (unpaired) electrons. The van der Waals surface area contributed by atoms with Crippen molar-refractivity contribution in [2.75, 3.05) is 32.8 Å². The van der Waals surface area contributed by atoms with Crippen LogP contribution in [-0.2, 0) is 0 Å². The van der Waals surface area contributed by atoms with E-state index in [4.69, 9.17) is 15.2 Å². The lowest BCUT2D eigenvalue weighted by molar-refractivity contribution is 0.123. The number of hydrogen-bond acceptors (Lipinski definition) is 5. The van der Waals surface area contributed by atoms with Crippen LogP contribution in [0, 0.1) is 5.92 Å². The van der Waals surface area contributed by atoms with E-state index >= 15 is 0 Å². The number of hydrogen-bond donors (Lipinski definition) is 2. The van der Waals surface area contributed by atoms with Gasteiger partial charge in [-0.2, -0.15) is 0 Å². The van der Waals surface area contributed by atoms with Crippen LogP contribution in [0.1, 0.15) is 25.0 Å². The topological polar surface area (TPSA) is 68.0 Å². The number of ether oxygens (including phenoxy) is 2. The number of likely N-dealkylation sites (tertiary alicyclic amines) is 1. The molecule has 1 fully saturated rings. The normalized spacial score (nSPS) is 24.8. The average molecular weight is 292 g/mol. The molecule has 3 atom stereocenters. The zero-order chi connectivity index (χ0) is 14.8. The third kappa shape index (κ3) is 3.31. The Balaban J connectivity index is 1.65. The van der Waals surface area contributed by atoms with Crippen molar-refractivity contribution in [3.8, 4) is 11.5 Å². The first-order chi connectivity index (χ1) is 10.1. The molecule has 5 nitrogen and oxygen atoms in total. The van der Waals surface area contributed by atoms with Crippen LogP contribution in [0.2, 0.25) is 0 Å². The van der Waals surface area contributed by atoms with Crippen LogP contribution < -0.4 is 15.2 Å². The molecule has 3 rings (SSSR count). The molecular weight excluding hydrogens is 268 g/mol. The molecule has 1 aromatic carbocycles. The van der Waals surface area contributed by atoms with Crippen molar-refractivity contribution in [1.82, 2.24) is 4.90 Å². The summed E-state index contributed by atoms with van der Waals surface area (Å²) >= 11 is 0. The minimum absolute atomic E-state index is 0.294. The number of nitrogens with two attached hydrogens (primary N) is 1. The molecule has 0 spiro atoms. The Morgan fingerprint density at radius 3 is 2.81 bits per heavy atom. The molecule has 2 heterocycles. The third-order valence-corrected chi connectivity index (χ3v) is 4.29. The quantitative estimate of drug-likeness (QED) is 0.871. The standard InChI is InChI=1S/C16H24N2O3/c1-11-4-5-18(9-11)10-13(17)16(19)12-2-3-14-15(8-12)21-7-6-20-14/h2-3,8,11,13,16,19H,4-7,9-10,17H2,1H3/t11?,13-,16-/m1/s1. The minimum atomic E-state index is -0.684. The van der Waals surface area contributed by atoms with Crippen LogP contribution in [0.3, 0.4) is 0 Å². The fourth-order valence-electron chi connectivity index (χ4n) is 3.08. The lowest BCUT2D eigenvalue weighted by atomic mass is 10.0. The van der Waals surface area contributed by atoms with E-state index in [0.717, 1.165) is 36.9 Å². The van der Waals surface area contributed by atoms with Crippen LogP contribution in [-0.4, -0.2) is 48.9 Å². The summed E-state index contributed by atoms with van der Waals surface area (Å²) in [6.45, 7) is 6.23. The van der Waals surface area contributed by atoms with Crippen LogP contribution in [0.4, 0.5) is 0 Å². The predicted octanol–water partition coefficient (Wildman–Crippen LogP) is 1.16.